The molecule has 5 nitrogen and oxygen atoms in total. The number of unbranched alkanes of at least 4 members (excludes halogenated alkanes) is 3. The molecule has 96 valence electrons. The van der Waals surface area contributed by atoms with E-state index >= 15 is 0 Å². The Hall–Kier alpha value is -1.26. The minimum Gasteiger partial charge on any atom is -0.481 e. The molecule has 16 heavy (non-hydrogen) atoms. The van der Waals surface area contributed by atoms with Crippen LogP contribution in [0.5, 0.6) is 0 Å². The number of carboxylic acids is 1. The van der Waals surface area contributed by atoms with Gasteiger partial charge in [0.25, 0.3) is 0 Å². The lowest BCUT2D eigenvalue weighted by atomic mass is 10.2. The van der Waals surface area contributed by atoms with Crippen LogP contribution in [0, 0.1) is 0 Å². The summed E-state index contributed by atoms with van der Waals surface area (Å²) in [5, 5.41) is 8.14. The number of aliphatic carboxylic acids is 1. The summed E-state index contributed by atoms with van der Waals surface area (Å²) in [5.74, 6) is -0.682. The molecule has 0 bridgehead atoms. The maximum atomic E-state index is 9.87. The van der Waals surface area contributed by atoms with Crippen LogP contribution in [0.25, 0.3) is 0 Å². The molecule has 0 rings (SSSR count). The molecular formula is C11H23NO4. The first-order chi connectivity index (χ1) is 7.54. The summed E-state index contributed by atoms with van der Waals surface area (Å²) in [4.78, 5) is 19.7. The SMILES string of the molecule is CCCCCC(=O)O.CCCCOC(N)=O. The molecule has 0 aliphatic carbocycles. The molecule has 5 heteroatoms. The molecule has 0 saturated carbocycles. The van der Waals surface area contributed by atoms with Crippen molar-refractivity contribution in [1.29, 1.82) is 0 Å². The number of rotatable bonds is 7. The van der Waals surface area contributed by atoms with Gasteiger partial charge >= 0.3 is 12.1 Å². The summed E-state index contributed by atoms with van der Waals surface area (Å²) in [5.41, 5.74) is 4.67. The van der Waals surface area contributed by atoms with Gasteiger partial charge in [-0.05, 0) is 12.8 Å². The van der Waals surface area contributed by atoms with E-state index in [2.05, 4.69) is 17.4 Å². The van der Waals surface area contributed by atoms with Crippen molar-refractivity contribution in [3.05, 3.63) is 0 Å². The van der Waals surface area contributed by atoms with Gasteiger partial charge in [-0.1, -0.05) is 33.1 Å². The minimum absolute atomic E-state index is 0.327. The first kappa shape index (κ1) is 17.1. The number of hydrogen-bond acceptors (Lipinski definition) is 3. The van der Waals surface area contributed by atoms with Crippen molar-refractivity contribution in [2.45, 2.75) is 52.4 Å². The summed E-state index contributed by atoms with van der Waals surface area (Å²) in [7, 11) is 0. The van der Waals surface area contributed by atoms with Gasteiger partial charge in [-0.25, -0.2) is 4.79 Å². The fraction of sp³-hybridized carbons (Fsp3) is 0.818. The highest BCUT2D eigenvalue weighted by atomic mass is 16.5. The number of carbonyl (C=O) groups is 2. The van der Waals surface area contributed by atoms with Crippen LogP contribution >= 0.6 is 0 Å². The molecule has 0 atom stereocenters. The molecule has 0 aromatic rings. The zero-order chi connectivity index (χ0) is 12.8. The predicted molar refractivity (Wildman–Crippen MR) is 62.2 cm³/mol. The summed E-state index contributed by atoms with van der Waals surface area (Å²) in [6.07, 6.45) is 4.51. The Kier molecular flexibility index (Phi) is 14.7. The number of ether oxygens (including phenoxy) is 1. The van der Waals surface area contributed by atoms with E-state index in [-0.39, 0.29) is 0 Å². The van der Waals surface area contributed by atoms with Gasteiger partial charge < -0.3 is 15.6 Å². The number of nitrogens with two attached hydrogens (primary N) is 1. The van der Waals surface area contributed by atoms with E-state index in [1.54, 1.807) is 0 Å². The second-order valence-corrected chi connectivity index (χ2v) is 3.37. The van der Waals surface area contributed by atoms with Gasteiger partial charge in [0.15, 0.2) is 0 Å². The van der Waals surface area contributed by atoms with Crippen molar-refractivity contribution >= 4 is 12.1 Å². The molecule has 0 aliphatic heterocycles. The number of hydrogen-bond donors (Lipinski definition) is 2. The first-order valence-corrected chi connectivity index (χ1v) is 5.68. The van der Waals surface area contributed by atoms with Crippen molar-refractivity contribution in [3.8, 4) is 0 Å². The third kappa shape index (κ3) is 23.0. The van der Waals surface area contributed by atoms with Crippen LogP contribution in [0.1, 0.15) is 52.4 Å². The molecule has 0 unspecified atom stereocenters. The van der Waals surface area contributed by atoms with Gasteiger partial charge in [-0.3, -0.25) is 4.79 Å². The molecule has 0 aromatic carbocycles. The zero-order valence-corrected chi connectivity index (χ0v) is 10.2. The second kappa shape index (κ2) is 13.7. The normalized spacial score (nSPS) is 8.88. The van der Waals surface area contributed by atoms with Gasteiger partial charge in [0.05, 0.1) is 6.61 Å². The van der Waals surface area contributed by atoms with E-state index < -0.39 is 12.1 Å². The highest BCUT2D eigenvalue weighted by Gasteiger charge is 1.92. The summed E-state index contributed by atoms with van der Waals surface area (Å²) in [6.45, 7) is 4.53. The molecule has 0 spiro atoms. The van der Waals surface area contributed by atoms with Crippen LogP contribution < -0.4 is 5.73 Å². The van der Waals surface area contributed by atoms with E-state index in [0.29, 0.717) is 13.0 Å². The Balaban J connectivity index is 0. The molecule has 0 heterocycles. The smallest absolute Gasteiger partial charge is 0.404 e. The summed E-state index contributed by atoms with van der Waals surface area (Å²) in [6, 6.07) is 0. The number of primary amides is 1. The maximum Gasteiger partial charge on any atom is 0.404 e. The maximum absolute atomic E-state index is 9.87. The van der Waals surface area contributed by atoms with E-state index in [1.807, 2.05) is 6.92 Å². The lowest BCUT2D eigenvalue weighted by Crippen LogP contribution is -2.13. The predicted octanol–water partition coefficient (Wildman–Crippen LogP) is 2.53. The molecule has 0 radical (unpaired) electrons. The van der Waals surface area contributed by atoms with Crippen molar-refractivity contribution < 1.29 is 19.4 Å². The third-order valence-electron chi connectivity index (χ3n) is 1.74. The highest BCUT2D eigenvalue weighted by Crippen LogP contribution is 1.97. The average Bonchev–Trinajstić information content (AvgIpc) is 2.18. The highest BCUT2D eigenvalue weighted by molar-refractivity contribution is 5.66. The zero-order valence-electron chi connectivity index (χ0n) is 10.2. The first-order valence-electron chi connectivity index (χ1n) is 5.68. The lowest BCUT2D eigenvalue weighted by molar-refractivity contribution is -0.137. The molecule has 0 aliphatic rings. The molecule has 0 saturated heterocycles. The molecular weight excluding hydrogens is 210 g/mol. The standard InChI is InChI=1S/C6H12O2.C5H11NO2/c1-2-3-4-5-6(7)8;1-2-3-4-8-5(6)7/h2-5H2,1H3,(H,7,8);2-4H2,1H3,(H2,6,7). The lowest BCUT2D eigenvalue weighted by Gasteiger charge is -1.95. The van der Waals surface area contributed by atoms with Gasteiger partial charge in [0.2, 0.25) is 0 Å². The Labute approximate surface area is 97.0 Å². The van der Waals surface area contributed by atoms with E-state index in [1.165, 1.54) is 0 Å². The van der Waals surface area contributed by atoms with Crippen molar-refractivity contribution in [2.24, 2.45) is 5.73 Å². The van der Waals surface area contributed by atoms with Crippen molar-refractivity contribution in [1.82, 2.24) is 0 Å². The third-order valence-corrected chi connectivity index (χ3v) is 1.74. The van der Waals surface area contributed by atoms with Crippen LogP contribution in [0.4, 0.5) is 4.79 Å². The van der Waals surface area contributed by atoms with Gasteiger partial charge in [0, 0.05) is 6.42 Å². The Morgan fingerprint density at radius 2 is 1.69 bits per heavy atom. The largest absolute Gasteiger partial charge is 0.481 e. The van der Waals surface area contributed by atoms with Crippen molar-refractivity contribution in [3.63, 3.8) is 0 Å². The summed E-state index contributed by atoms with van der Waals surface area (Å²) >= 11 is 0. The Morgan fingerprint density at radius 3 is 2.06 bits per heavy atom. The van der Waals surface area contributed by atoms with Crippen molar-refractivity contribution in [2.75, 3.05) is 6.61 Å². The molecule has 0 fully saturated rings. The topological polar surface area (TPSA) is 89.6 Å². The number of amides is 1. The van der Waals surface area contributed by atoms with Crippen LogP contribution in [0.15, 0.2) is 0 Å². The van der Waals surface area contributed by atoms with E-state index in [9.17, 15) is 9.59 Å². The van der Waals surface area contributed by atoms with Crippen LogP contribution in [0.2, 0.25) is 0 Å². The van der Waals surface area contributed by atoms with E-state index in [0.717, 1.165) is 32.1 Å². The quantitative estimate of drug-likeness (QED) is 0.661. The van der Waals surface area contributed by atoms with Gasteiger partial charge in [-0.15, -0.1) is 0 Å². The van der Waals surface area contributed by atoms with Crippen LogP contribution in [-0.2, 0) is 9.53 Å². The Bertz CT molecular complexity index is 163. The Morgan fingerprint density at radius 1 is 1.12 bits per heavy atom. The molecule has 1 amide bonds. The van der Waals surface area contributed by atoms with Gasteiger partial charge in [0.1, 0.15) is 0 Å². The molecule has 3 N–H and O–H groups in total. The average molecular weight is 233 g/mol. The fourth-order valence-corrected chi connectivity index (χ4v) is 0.843. The molecule has 0 aromatic heterocycles. The van der Waals surface area contributed by atoms with Gasteiger partial charge in [-0.2, -0.15) is 0 Å². The van der Waals surface area contributed by atoms with E-state index in [4.69, 9.17) is 5.11 Å². The fourth-order valence-electron chi connectivity index (χ4n) is 0.843. The van der Waals surface area contributed by atoms with Crippen LogP contribution in [-0.4, -0.2) is 23.8 Å². The minimum atomic E-state index is -0.682. The second-order valence-electron chi connectivity index (χ2n) is 3.37. The van der Waals surface area contributed by atoms with Crippen LogP contribution in [0.3, 0.4) is 0 Å². The monoisotopic (exact) mass is 233 g/mol. The summed E-state index contributed by atoms with van der Waals surface area (Å²) < 4.78 is 4.42. The number of carboxylic acid groups (broad SMARTS) is 1. The number of carbonyl (C=O) groups excluding carboxylic acids is 1.